The van der Waals surface area contributed by atoms with E-state index in [1.165, 1.54) is 14.0 Å². The summed E-state index contributed by atoms with van der Waals surface area (Å²) in [5, 5.41) is 12.5. The van der Waals surface area contributed by atoms with Crippen molar-refractivity contribution in [1.82, 2.24) is 0 Å². The molecule has 0 aromatic rings. The lowest BCUT2D eigenvalue weighted by molar-refractivity contribution is -0.250. The summed E-state index contributed by atoms with van der Waals surface area (Å²) in [5.74, 6) is -4.63. The molecule has 0 aromatic carbocycles. The molecule has 0 amide bonds. The van der Waals surface area contributed by atoms with Crippen LogP contribution in [0.25, 0.3) is 0 Å². The van der Waals surface area contributed by atoms with E-state index in [4.69, 9.17) is 32.6 Å². The van der Waals surface area contributed by atoms with Crippen molar-refractivity contribution in [3.63, 3.8) is 0 Å². The fourth-order valence-electron chi connectivity index (χ4n) is 8.50. The molecule has 0 bridgehead atoms. The van der Waals surface area contributed by atoms with Gasteiger partial charge in [0.2, 0.25) is 11.9 Å². The van der Waals surface area contributed by atoms with Crippen LogP contribution in [0.4, 0.5) is 0 Å². The molecule has 13 nitrogen and oxygen atoms in total. The van der Waals surface area contributed by atoms with E-state index in [0.29, 0.717) is 0 Å². The number of hydrogen-bond donors (Lipinski definition) is 1. The monoisotopic (exact) mass is 562 g/mol. The number of carbonyl (C=O) groups is 3. The molecule has 2 saturated carbocycles. The van der Waals surface area contributed by atoms with E-state index in [-0.39, 0.29) is 19.6 Å². The zero-order valence-corrected chi connectivity index (χ0v) is 23.2. The molecule has 3 heterocycles. The van der Waals surface area contributed by atoms with Gasteiger partial charge >= 0.3 is 17.9 Å². The van der Waals surface area contributed by atoms with Gasteiger partial charge in [0.1, 0.15) is 24.6 Å². The van der Waals surface area contributed by atoms with Gasteiger partial charge in [-0.25, -0.2) is 9.59 Å². The molecule has 10 atom stereocenters. The highest BCUT2D eigenvalue weighted by Gasteiger charge is 3.00. The van der Waals surface area contributed by atoms with Crippen molar-refractivity contribution in [2.45, 2.75) is 76.3 Å². The quantitative estimate of drug-likeness (QED) is 0.189. The molecule has 38 heavy (non-hydrogen) atoms. The summed E-state index contributed by atoms with van der Waals surface area (Å²) in [7, 11) is -1.74. The van der Waals surface area contributed by atoms with Crippen LogP contribution < -0.4 is 0 Å². The van der Waals surface area contributed by atoms with Gasteiger partial charge in [-0.2, -0.15) is 8.42 Å². The third-order valence-electron chi connectivity index (χ3n) is 9.52. The molecule has 2 spiro atoms. The molecule has 2 unspecified atom stereocenters. The smallest absolute Gasteiger partial charge is 0.342 e. The first-order chi connectivity index (χ1) is 17.5. The maximum Gasteiger partial charge on any atom is 0.342 e. The van der Waals surface area contributed by atoms with Gasteiger partial charge in [-0.15, -0.1) is 0 Å². The minimum atomic E-state index is -4.22. The van der Waals surface area contributed by atoms with E-state index >= 15 is 0 Å². The Morgan fingerprint density at radius 3 is 2.42 bits per heavy atom. The Hall–Kier alpha value is -1.84. The van der Waals surface area contributed by atoms with Crippen molar-refractivity contribution in [3.8, 4) is 0 Å². The molecule has 1 N–H and O–H groups in total. The minimum absolute atomic E-state index is 0.245. The number of carbonyl (C=O) groups excluding carboxylic acids is 3. The molecule has 3 aliphatic heterocycles. The second-order valence-electron chi connectivity index (χ2n) is 12.0. The number of methoxy groups -OCH3 is 2. The highest BCUT2D eigenvalue weighted by molar-refractivity contribution is 7.86. The standard InChI is InChI=1S/C24H34O13S/c1-11(16(25)32-6)23(28)14(37-38(7,29)30)9-21-13-8-12(20(2,3)4)22(21)15(33-10-31-5)17(26)35-19(22)36-24(21,23)18(27)34-13/h11-15,19,28H,8-10H2,1-7H3/t11-,12+,13-,14-,15+,19+,21?,22?,23-,24-/m1/s1. The molecule has 14 heteroatoms. The van der Waals surface area contributed by atoms with Gasteiger partial charge in [-0.3, -0.25) is 8.98 Å². The maximum absolute atomic E-state index is 13.9. The normalized spacial score (nSPS) is 45.8. The topological polar surface area (TPSA) is 170 Å². The molecule has 3 saturated heterocycles. The molecule has 0 aromatic heterocycles. The molecule has 0 radical (unpaired) electrons. The number of esters is 3. The molecule has 5 rings (SSSR count). The predicted molar refractivity (Wildman–Crippen MR) is 123 cm³/mol. The summed E-state index contributed by atoms with van der Waals surface area (Å²) in [6.45, 7) is 6.84. The second-order valence-corrected chi connectivity index (χ2v) is 13.6. The fraction of sp³-hybridized carbons (Fsp3) is 0.875. The van der Waals surface area contributed by atoms with Crippen LogP contribution in [0.5, 0.6) is 0 Å². The minimum Gasteiger partial charge on any atom is -0.469 e. The van der Waals surface area contributed by atoms with Crippen LogP contribution in [0.2, 0.25) is 0 Å². The van der Waals surface area contributed by atoms with Crippen LogP contribution >= 0.6 is 0 Å². The largest absolute Gasteiger partial charge is 0.469 e. The Balaban J connectivity index is 1.84. The van der Waals surface area contributed by atoms with Crippen molar-refractivity contribution >= 4 is 28.0 Å². The van der Waals surface area contributed by atoms with Crippen molar-refractivity contribution < 1.29 is 60.5 Å². The number of aliphatic hydroxyl groups is 1. The number of rotatable bonds is 7. The fourth-order valence-corrected chi connectivity index (χ4v) is 9.13. The summed E-state index contributed by atoms with van der Waals surface area (Å²) in [6, 6.07) is 0. The predicted octanol–water partition coefficient (Wildman–Crippen LogP) is -0.120. The first-order valence-corrected chi connectivity index (χ1v) is 14.2. The van der Waals surface area contributed by atoms with E-state index in [1.54, 1.807) is 0 Å². The Bertz CT molecular complexity index is 1180. The average molecular weight is 563 g/mol. The van der Waals surface area contributed by atoms with Crippen LogP contribution in [-0.2, 0) is 57.1 Å². The summed E-state index contributed by atoms with van der Waals surface area (Å²) in [6.07, 6.45) is -4.50. The summed E-state index contributed by atoms with van der Waals surface area (Å²) in [4.78, 5) is 40.1. The Kier molecular flexibility index (Phi) is 5.91. The van der Waals surface area contributed by atoms with E-state index < -0.39 is 91.9 Å². The van der Waals surface area contributed by atoms with Crippen LogP contribution in [0.3, 0.4) is 0 Å². The molecule has 5 aliphatic rings. The number of ether oxygens (including phenoxy) is 6. The van der Waals surface area contributed by atoms with E-state index in [0.717, 1.165) is 13.4 Å². The van der Waals surface area contributed by atoms with Crippen LogP contribution in [0.15, 0.2) is 0 Å². The second kappa shape index (κ2) is 8.10. The lowest BCUT2D eigenvalue weighted by Gasteiger charge is -2.47. The lowest BCUT2D eigenvalue weighted by atomic mass is 9.51. The van der Waals surface area contributed by atoms with Crippen LogP contribution in [-0.4, -0.2) is 94.5 Å². The Morgan fingerprint density at radius 2 is 1.87 bits per heavy atom. The third-order valence-corrected chi connectivity index (χ3v) is 10.1. The van der Waals surface area contributed by atoms with Crippen LogP contribution in [0.1, 0.15) is 40.5 Å². The average Bonchev–Trinajstić information content (AvgIpc) is 3.46. The molecule has 2 aliphatic carbocycles. The van der Waals surface area contributed by atoms with E-state index in [2.05, 4.69) is 0 Å². The Morgan fingerprint density at radius 1 is 1.21 bits per heavy atom. The molecule has 214 valence electrons. The SMILES string of the molecule is COCO[C@H]1C(=O)O[C@H]2O[C@]34C(=O)O[C@@H]5C[C@@H](C(C)(C)C)C21C53C[C@@H](OS(C)(=O)=O)[C@]4(O)[C@H](C)C(=O)OC. The van der Waals surface area contributed by atoms with Gasteiger partial charge in [0, 0.05) is 7.11 Å². The Labute approximate surface area is 220 Å². The van der Waals surface area contributed by atoms with Gasteiger partial charge < -0.3 is 33.5 Å². The van der Waals surface area contributed by atoms with Gasteiger partial charge in [0.05, 0.1) is 30.1 Å². The van der Waals surface area contributed by atoms with Gasteiger partial charge in [-0.1, -0.05) is 20.8 Å². The first kappa shape index (κ1) is 27.7. The first-order valence-electron chi connectivity index (χ1n) is 12.4. The maximum atomic E-state index is 13.9. The zero-order valence-electron chi connectivity index (χ0n) is 22.3. The highest BCUT2D eigenvalue weighted by atomic mass is 32.2. The van der Waals surface area contributed by atoms with Gasteiger partial charge in [-0.05, 0) is 31.1 Å². The van der Waals surface area contributed by atoms with Gasteiger partial charge in [0.25, 0.3) is 10.1 Å². The summed E-state index contributed by atoms with van der Waals surface area (Å²) >= 11 is 0. The van der Waals surface area contributed by atoms with Crippen molar-refractivity contribution in [2.75, 3.05) is 27.3 Å². The van der Waals surface area contributed by atoms with Gasteiger partial charge in [0.15, 0.2) is 6.10 Å². The lowest BCUT2D eigenvalue weighted by Crippen LogP contribution is -2.69. The summed E-state index contributed by atoms with van der Waals surface area (Å²) < 4.78 is 64.1. The number of hydrogen-bond acceptors (Lipinski definition) is 13. The van der Waals surface area contributed by atoms with Crippen molar-refractivity contribution in [2.24, 2.45) is 28.1 Å². The van der Waals surface area contributed by atoms with E-state index in [1.807, 2.05) is 20.8 Å². The zero-order chi connectivity index (χ0) is 28.3. The third kappa shape index (κ3) is 2.88. The van der Waals surface area contributed by atoms with E-state index in [9.17, 15) is 27.9 Å². The molecule has 5 fully saturated rings. The molecular formula is C24H34O13S. The van der Waals surface area contributed by atoms with Crippen LogP contribution in [0, 0.1) is 28.1 Å². The van der Waals surface area contributed by atoms with Crippen molar-refractivity contribution in [3.05, 3.63) is 0 Å². The van der Waals surface area contributed by atoms with Crippen molar-refractivity contribution in [1.29, 1.82) is 0 Å². The highest BCUT2D eigenvalue weighted by Crippen LogP contribution is 2.84. The molecular weight excluding hydrogens is 528 g/mol. The summed E-state index contributed by atoms with van der Waals surface area (Å²) in [5.41, 5.74) is -8.47.